The van der Waals surface area contributed by atoms with E-state index in [9.17, 15) is 13.6 Å². The topological polar surface area (TPSA) is 38.1 Å². The first-order chi connectivity index (χ1) is 14.3. The highest BCUT2D eigenvalue weighted by molar-refractivity contribution is 6.31. The molecule has 0 aliphatic carbocycles. The molecule has 3 rings (SSSR count). The molecule has 0 bridgehead atoms. The maximum atomic E-state index is 14.3. The van der Waals surface area contributed by atoms with Gasteiger partial charge in [0, 0.05) is 24.2 Å². The van der Waals surface area contributed by atoms with Gasteiger partial charge in [0.25, 0.3) is 5.91 Å². The van der Waals surface area contributed by atoms with Crippen molar-refractivity contribution in [3.63, 3.8) is 0 Å². The van der Waals surface area contributed by atoms with Gasteiger partial charge in [-0.05, 0) is 49.1 Å². The van der Waals surface area contributed by atoms with Gasteiger partial charge >= 0.3 is 0 Å². The summed E-state index contributed by atoms with van der Waals surface area (Å²) in [5, 5.41) is 0.618. The number of aromatic nitrogens is 2. The molecular weight excluding hydrogens is 408 g/mol. The highest BCUT2D eigenvalue weighted by atomic mass is 35.5. The van der Waals surface area contributed by atoms with Crippen molar-refractivity contribution >= 4 is 28.5 Å². The van der Waals surface area contributed by atoms with E-state index >= 15 is 0 Å². The van der Waals surface area contributed by atoms with Gasteiger partial charge in [0.1, 0.15) is 17.5 Å². The van der Waals surface area contributed by atoms with Crippen LogP contribution in [0.5, 0.6) is 0 Å². The van der Waals surface area contributed by atoms with E-state index in [0.717, 1.165) is 42.6 Å². The number of hydrogen-bond donors (Lipinski definition) is 0. The first-order valence-electron chi connectivity index (χ1n) is 10.2. The van der Waals surface area contributed by atoms with Crippen LogP contribution in [0.25, 0.3) is 11.0 Å². The third-order valence-electron chi connectivity index (χ3n) is 4.99. The van der Waals surface area contributed by atoms with Crippen LogP contribution in [0.3, 0.4) is 0 Å². The lowest BCUT2D eigenvalue weighted by atomic mass is 10.1. The summed E-state index contributed by atoms with van der Waals surface area (Å²) < 4.78 is 29.7. The molecule has 0 aliphatic heterocycles. The minimum absolute atomic E-state index is 0.138. The van der Waals surface area contributed by atoms with E-state index < -0.39 is 17.5 Å². The average Bonchev–Trinajstić information content (AvgIpc) is 3.01. The van der Waals surface area contributed by atoms with E-state index in [1.165, 1.54) is 6.07 Å². The Morgan fingerprint density at radius 1 is 1.20 bits per heavy atom. The lowest BCUT2D eigenvalue weighted by molar-refractivity contribution is 0.0724. The normalized spacial score (nSPS) is 11.4. The predicted octanol–water partition coefficient (Wildman–Crippen LogP) is 6.07. The average molecular weight is 434 g/mol. The number of fused-ring (bicyclic) bond motifs is 1. The largest absolute Gasteiger partial charge is 0.331 e. The summed E-state index contributed by atoms with van der Waals surface area (Å²) in [6.45, 7) is 7.60. The highest BCUT2D eigenvalue weighted by Crippen LogP contribution is 2.23. The standard InChI is InChI=1S/C23H26ClF2N3O/c1-4-10-29-21-12-16(24)5-8-20(21)27-22(29)14-28(11-9-15(2)3)23(30)18-7-6-17(25)13-19(18)26/h5-8,12-13,15H,4,9-11,14H2,1-3H3. The van der Waals surface area contributed by atoms with Gasteiger partial charge < -0.3 is 9.47 Å². The fourth-order valence-corrected chi connectivity index (χ4v) is 3.58. The molecule has 0 atom stereocenters. The van der Waals surface area contributed by atoms with Gasteiger partial charge in [-0.2, -0.15) is 0 Å². The molecule has 0 aliphatic rings. The minimum atomic E-state index is -0.858. The number of nitrogens with zero attached hydrogens (tertiary/aromatic N) is 3. The number of rotatable bonds is 8. The van der Waals surface area contributed by atoms with Crippen molar-refractivity contribution in [2.45, 2.75) is 46.7 Å². The molecule has 1 heterocycles. The fraction of sp³-hybridized carbons (Fsp3) is 0.391. The summed E-state index contributed by atoms with van der Waals surface area (Å²) in [6.07, 6.45) is 1.64. The molecule has 30 heavy (non-hydrogen) atoms. The van der Waals surface area contributed by atoms with E-state index in [1.54, 1.807) is 11.0 Å². The van der Waals surface area contributed by atoms with E-state index in [0.29, 0.717) is 23.3 Å². The van der Waals surface area contributed by atoms with Crippen LogP contribution in [0.4, 0.5) is 8.78 Å². The molecule has 1 aromatic heterocycles. The van der Waals surface area contributed by atoms with E-state index in [4.69, 9.17) is 16.6 Å². The molecule has 4 nitrogen and oxygen atoms in total. The zero-order chi connectivity index (χ0) is 21.8. The van der Waals surface area contributed by atoms with Crippen molar-refractivity contribution in [3.8, 4) is 0 Å². The first kappa shape index (κ1) is 22.2. The smallest absolute Gasteiger partial charge is 0.257 e. The molecule has 160 valence electrons. The maximum Gasteiger partial charge on any atom is 0.257 e. The quantitative estimate of drug-likeness (QED) is 0.432. The Morgan fingerprint density at radius 2 is 1.97 bits per heavy atom. The monoisotopic (exact) mass is 433 g/mol. The van der Waals surface area contributed by atoms with Gasteiger partial charge in [-0.3, -0.25) is 4.79 Å². The zero-order valence-corrected chi connectivity index (χ0v) is 18.2. The van der Waals surface area contributed by atoms with Gasteiger partial charge in [-0.15, -0.1) is 0 Å². The maximum absolute atomic E-state index is 14.3. The van der Waals surface area contributed by atoms with Crippen LogP contribution >= 0.6 is 11.6 Å². The van der Waals surface area contributed by atoms with Gasteiger partial charge in [-0.25, -0.2) is 13.8 Å². The molecule has 0 spiro atoms. The summed E-state index contributed by atoms with van der Waals surface area (Å²) in [5.74, 6) is -0.954. The highest BCUT2D eigenvalue weighted by Gasteiger charge is 2.23. The second-order valence-corrected chi connectivity index (χ2v) is 8.28. The number of carbonyl (C=O) groups excluding carboxylic acids is 1. The van der Waals surface area contributed by atoms with E-state index in [2.05, 4.69) is 25.3 Å². The molecule has 0 radical (unpaired) electrons. The number of amides is 1. The van der Waals surface area contributed by atoms with Crippen LogP contribution in [-0.4, -0.2) is 26.9 Å². The van der Waals surface area contributed by atoms with Crippen LogP contribution in [0, 0.1) is 17.6 Å². The summed E-state index contributed by atoms with van der Waals surface area (Å²) in [5.41, 5.74) is 1.57. The number of benzene rings is 2. The van der Waals surface area contributed by atoms with Crippen molar-refractivity contribution in [2.24, 2.45) is 5.92 Å². The summed E-state index contributed by atoms with van der Waals surface area (Å²) >= 11 is 6.17. The van der Waals surface area contributed by atoms with E-state index in [-0.39, 0.29) is 12.1 Å². The molecule has 0 saturated carbocycles. The Labute approximate surface area is 180 Å². The first-order valence-corrected chi connectivity index (χ1v) is 10.6. The summed E-state index contributed by atoms with van der Waals surface area (Å²) in [4.78, 5) is 19.4. The predicted molar refractivity (Wildman–Crippen MR) is 116 cm³/mol. The molecule has 7 heteroatoms. The van der Waals surface area contributed by atoms with Crippen molar-refractivity contribution in [1.29, 1.82) is 0 Å². The van der Waals surface area contributed by atoms with Gasteiger partial charge in [0.2, 0.25) is 0 Å². The third kappa shape index (κ3) is 4.98. The molecule has 3 aromatic rings. The molecule has 0 unspecified atom stereocenters. The number of aryl methyl sites for hydroxylation is 1. The Balaban J connectivity index is 1.98. The van der Waals surface area contributed by atoms with Crippen LogP contribution < -0.4 is 0 Å². The Morgan fingerprint density at radius 3 is 2.63 bits per heavy atom. The summed E-state index contributed by atoms with van der Waals surface area (Å²) in [7, 11) is 0. The molecular formula is C23H26ClF2N3O. The fourth-order valence-electron chi connectivity index (χ4n) is 3.41. The van der Waals surface area contributed by atoms with Crippen molar-refractivity contribution in [1.82, 2.24) is 14.5 Å². The van der Waals surface area contributed by atoms with Crippen LogP contribution in [-0.2, 0) is 13.1 Å². The van der Waals surface area contributed by atoms with Gasteiger partial charge in [-0.1, -0.05) is 32.4 Å². The third-order valence-corrected chi connectivity index (χ3v) is 5.23. The number of carbonyl (C=O) groups is 1. The lowest BCUT2D eigenvalue weighted by Gasteiger charge is -2.24. The van der Waals surface area contributed by atoms with Crippen molar-refractivity contribution in [2.75, 3.05) is 6.54 Å². The van der Waals surface area contributed by atoms with Crippen molar-refractivity contribution < 1.29 is 13.6 Å². The van der Waals surface area contributed by atoms with Crippen molar-refractivity contribution in [3.05, 3.63) is 64.4 Å². The van der Waals surface area contributed by atoms with E-state index in [1.807, 2.05) is 12.1 Å². The SMILES string of the molecule is CCCn1c(CN(CCC(C)C)C(=O)c2ccc(F)cc2F)nc2ccc(Cl)cc21. The Bertz CT molecular complexity index is 1050. The Hall–Kier alpha value is -2.47. The van der Waals surface area contributed by atoms with Crippen LogP contribution in [0.15, 0.2) is 36.4 Å². The Kier molecular flexibility index (Phi) is 7.08. The molecule has 2 aromatic carbocycles. The lowest BCUT2D eigenvalue weighted by Crippen LogP contribution is -2.34. The summed E-state index contributed by atoms with van der Waals surface area (Å²) in [6, 6.07) is 8.54. The molecule has 0 N–H and O–H groups in total. The number of imidazole rings is 1. The number of hydrogen-bond acceptors (Lipinski definition) is 2. The van der Waals surface area contributed by atoms with Crippen LogP contribution in [0.1, 0.15) is 49.8 Å². The van der Waals surface area contributed by atoms with Crippen LogP contribution in [0.2, 0.25) is 5.02 Å². The molecule has 0 fully saturated rings. The second-order valence-electron chi connectivity index (χ2n) is 7.85. The number of halogens is 3. The van der Waals surface area contributed by atoms with Gasteiger partial charge in [0.05, 0.1) is 23.1 Å². The van der Waals surface area contributed by atoms with Gasteiger partial charge in [0.15, 0.2) is 0 Å². The zero-order valence-electron chi connectivity index (χ0n) is 17.5. The molecule has 1 amide bonds. The minimum Gasteiger partial charge on any atom is -0.331 e. The second kappa shape index (κ2) is 9.56. The molecule has 0 saturated heterocycles.